The zero-order valence-electron chi connectivity index (χ0n) is 64.1. The van der Waals surface area contributed by atoms with E-state index in [2.05, 4.69) is 26.0 Å². The Morgan fingerprint density at radius 1 is 0.309 bits per heavy atom. The number of hydrogen-bond donors (Lipinski definition) is 0. The van der Waals surface area contributed by atoms with Gasteiger partial charge >= 0.3 is 11.9 Å². The third-order valence-corrected chi connectivity index (χ3v) is 19.8. The van der Waals surface area contributed by atoms with Crippen LogP contribution < -0.4 is 5.11 Å². The molecule has 0 saturated carbocycles. The maximum absolute atomic E-state index is 13.0. The maximum atomic E-state index is 13.0. The van der Waals surface area contributed by atoms with E-state index < -0.39 is 24.3 Å². The van der Waals surface area contributed by atoms with Crippen LogP contribution in [0.15, 0.2) is 12.2 Å². The van der Waals surface area contributed by atoms with Crippen molar-refractivity contribution in [1.29, 1.82) is 0 Å². The van der Waals surface area contributed by atoms with Crippen LogP contribution in [-0.2, 0) is 33.3 Å². The van der Waals surface area contributed by atoms with Gasteiger partial charge in [0.2, 0.25) is 0 Å². The number of carboxylic acids is 1. The van der Waals surface area contributed by atoms with Crippen LogP contribution in [0.1, 0.15) is 457 Å². The van der Waals surface area contributed by atoms with Crippen molar-refractivity contribution >= 4 is 17.9 Å². The second-order valence-electron chi connectivity index (χ2n) is 30.5. The van der Waals surface area contributed by atoms with E-state index in [1.807, 2.05) is 21.1 Å². The van der Waals surface area contributed by atoms with Gasteiger partial charge in [0, 0.05) is 12.8 Å². The molecule has 0 spiro atoms. The average molecular weight is 1330 g/mol. The Labute approximate surface area is 586 Å². The fraction of sp³-hybridized carbons (Fsp3) is 0.941. The molecule has 0 heterocycles. The van der Waals surface area contributed by atoms with E-state index in [1.165, 1.54) is 392 Å². The first-order valence-electron chi connectivity index (χ1n) is 42.3. The quantitative estimate of drug-likeness (QED) is 0.0195. The summed E-state index contributed by atoms with van der Waals surface area (Å²) in [6.07, 6.45) is 93.7. The van der Waals surface area contributed by atoms with E-state index >= 15 is 0 Å². The molecule has 9 nitrogen and oxygen atoms in total. The molecule has 94 heavy (non-hydrogen) atoms. The maximum Gasteiger partial charge on any atom is 0.306 e. The number of allylic oxidation sites excluding steroid dienone is 2. The fourth-order valence-corrected chi connectivity index (χ4v) is 13.3. The van der Waals surface area contributed by atoms with E-state index in [-0.39, 0.29) is 32.2 Å². The minimum atomic E-state index is -1.62. The van der Waals surface area contributed by atoms with Crippen LogP contribution >= 0.6 is 0 Å². The molecular weight excluding hydrogens is 1160 g/mol. The van der Waals surface area contributed by atoms with Gasteiger partial charge in [0.1, 0.15) is 13.2 Å². The second-order valence-corrected chi connectivity index (χ2v) is 30.5. The van der Waals surface area contributed by atoms with Crippen molar-refractivity contribution in [3.8, 4) is 0 Å². The van der Waals surface area contributed by atoms with E-state index in [9.17, 15) is 19.5 Å². The molecule has 0 fully saturated rings. The molecule has 0 aromatic heterocycles. The van der Waals surface area contributed by atoms with Crippen LogP contribution in [0.3, 0.4) is 0 Å². The number of unbranched alkanes of at least 4 members (excludes halogenated alkanes) is 64. The molecule has 0 N–H and O–H groups in total. The van der Waals surface area contributed by atoms with Crippen molar-refractivity contribution in [1.82, 2.24) is 0 Å². The highest BCUT2D eigenvalue weighted by molar-refractivity contribution is 5.70. The van der Waals surface area contributed by atoms with Gasteiger partial charge in [0.15, 0.2) is 12.4 Å². The number of esters is 2. The highest BCUT2D eigenvalue weighted by atomic mass is 16.7. The molecule has 0 aliphatic rings. The lowest BCUT2D eigenvalue weighted by atomic mass is 10.0. The van der Waals surface area contributed by atoms with Crippen molar-refractivity contribution in [3.05, 3.63) is 12.2 Å². The zero-order valence-corrected chi connectivity index (χ0v) is 64.1. The van der Waals surface area contributed by atoms with Crippen LogP contribution in [0.2, 0.25) is 0 Å². The molecule has 0 saturated heterocycles. The second kappa shape index (κ2) is 76.8. The summed E-state index contributed by atoms with van der Waals surface area (Å²) < 4.78 is 22.9. The number of ether oxygens (including phenoxy) is 4. The predicted molar refractivity (Wildman–Crippen MR) is 403 cm³/mol. The normalized spacial score (nSPS) is 12.6. The highest BCUT2D eigenvalue weighted by Crippen LogP contribution is 2.21. The minimum absolute atomic E-state index is 0.153. The van der Waals surface area contributed by atoms with E-state index in [1.54, 1.807) is 0 Å². The van der Waals surface area contributed by atoms with Gasteiger partial charge in [-0.15, -0.1) is 0 Å². The van der Waals surface area contributed by atoms with Crippen LogP contribution in [-0.4, -0.2) is 82.3 Å². The molecule has 0 aromatic rings. The summed E-state index contributed by atoms with van der Waals surface area (Å²) in [6.45, 7) is 4.85. The number of hydrogen-bond acceptors (Lipinski definition) is 8. The Hall–Kier alpha value is -1.97. The largest absolute Gasteiger partial charge is 0.545 e. The molecule has 2 unspecified atom stereocenters. The number of nitrogens with zero attached hydrogens (tertiary/aromatic N) is 1. The van der Waals surface area contributed by atoms with Gasteiger partial charge in [-0.3, -0.25) is 9.59 Å². The van der Waals surface area contributed by atoms with Crippen LogP contribution in [0.25, 0.3) is 0 Å². The molecule has 0 aliphatic carbocycles. The van der Waals surface area contributed by atoms with Crippen molar-refractivity contribution in [2.45, 2.75) is 469 Å². The molecule has 2 atom stereocenters. The van der Waals surface area contributed by atoms with Gasteiger partial charge in [0.25, 0.3) is 0 Å². The van der Waals surface area contributed by atoms with Crippen molar-refractivity contribution < 1.29 is 42.9 Å². The molecule has 0 bridgehead atoms. The predicted octanol–water partition coefficient (Wildman–Crippen LogP) is 25.8. The van der Waals surface area contributed by atoms with Gasteiger partial charge in [-0.05, 0) is 38.5 Å². The number of aliphatic carboxylic acids is 1. The van der Waals surface area contributed by atoms with Crippen LogP contribution in [0, 0.1) is 0 Å². The molecule has 558 valence electrons. The first-order chi connectivity index (χ1) is 46.1. The number of carbonyl (C=O) groups is 3. The lowest BCUT2D eigenvalue weighted by Gasteiger charge is -2.26. The standard InChI is InChI=1S/C85H165NO8/c1-6-8-10-12-14-16-18-20-22-24-26-28-30-32-34-36-37-38-39-40-41-42-43-44-45-46-47-48-50-52-54-56-58-60-62-64-66-68-70-72-74-76-83(88)94-81(80-93-85(84(89)90)91-78-77-86(3,4)5)79-92-82(87)75-73-71-69-67-65-63-61-59-57-55-53-51-49-35-33-31-29-27-25-23-21-19-17-15-13-11-9-7-2/h24,26,81,85H,6-23,25,27-80H2,1-5H3/b26-24-. The topological polar surface area (TPSA) is 111 Å². The Kier molecular flexibility index (Phi) is 75.2. The third-order valence-electron chi connectivity index (χ3n) is 19.8. The number of carboxylic acid groups (broad SMARTS) is 1. The smallest absolute Gasteiger partial charge is 0.306 e. The lowest BCUT2D eigenvalue weighted by Crippen LogP contribution is -2.44. The van der Waals surface area contributed by atoms with Crippen LogP contribution in [0.4, 0.5) is 0 Å². The molecule has 0 aromatic carbocycles. The summed E-state index contributed by atoms with van der Waals surface area (Å²) in [7, 11) is 5.96. The number of carbonyl (C=O) groups excluding carboxylic acids is 3. The van der Waals surface area contributed by atoms with Gasteiger partial charge in [-0.2, -0.15) is 0 Å². The van der Waals surface area contributed by atoms with Gasteiger partial charge in [0.05, 0.1) is 40.3 Å². The van der Waals surface area contributed by atoms with Crippen molar-refractivity contribution in [2.24, 2.45) is 0 Å². The molecule has 0 amide bonds. The molecule has 9 heteroatoms. The number of likely N-dealkylation sites (N-methyl/N-ethyl adjacent to an activating group) is 1. The Balaban J connectivity index is 3.89. The van der Waals surface area contributed by atoms with E-state index in [0.717, 1.165) is 38.5 Å². The van der Waals surface area contributed by atoms with Gasteiger partial charge < -0.3 is 33.3 Å². The third kappa shape index (κ3) is 77.4. The number of rotatable bonds is 81. The van der Waals surface area contributed by atoms with Crippen LogP contribution in [0.5, 0.6) is 0 Å². The Morgan fingerprint density at radius 2 is 0.543 bits per heavy atom. The van der Waals surface area contributed by atoms with Gasteiger partial charge in [-0.1, -0.05) is 418 Å². The van der Waals surface area contributed by atoms with Crippen molar-refractivity contribution in [3.63, 3.8) is 0 Å². The average Bonchev–Trinajstić information content (AvgIpc) is 3.42. The summed E-state index contributed by atoms with van der Waals surface area (Å²) in [4.78, 5) is 37.6. The highest BCUT2D eigenvalue weighted by Gasteiger charge is 2.22. The summed E-state index contributed by atoms with van der Waals surface area (Å²) in [5.74, 6) is -2.24. The first kappa shape index (κ1) is 92.0. The Morgan fingerprint density at radius 3 is 0.787 bits per heavy atom. The van der Waals surface area contributed by atoms with E-state index in [4.69, 9.17) is 18.9 Å². The van der Waals surface area contributed by atoms with E-state index in [0.29, 0.717) is 17.4 Å². The summed E-state index contributed by atoms with van der Waals surface area (Å²) in [5, 5.41) is 11.9. The molecule has 0 rings (SSSR count). The lowest BCUT2D eigenvalue weighted by molar-refractivity contribution is -0.870. The fourth-order valence-electron chi connectivity index (χ4n) is 13.3. The summed E-state index contributed by atoms with van der Waals surface area (Å²) >= 11 is 0. The van der Waals surface area contributed by atoms with Crippen molar-refractivity contribution in [2.75, 3.05) is 47.5 Å². The SMILES string of the molecule is CCCCCCCCCC/C=C\CCCCCCCCCCCCCCCCCCCCCCCCCCCCCCCC(=O)OC(COC(=O)CCCCCCCCCCCCCCCCCCCCCCCCCCCCCC)COC(OCC[N+](C)(C)C)C(=O)[O-]. The Bertz CT molecular complexity index is 1550. The molecular formula is C85H165NO8. The summed E-state index contributed by atoms with van der Waals surface area (Å²) in [5.41, 5.74) is 0. The molecule has 0 radical (unpaired) electrons. The zero-order chi connectivity index (χ0) is 68.2. The first-order valence-corrected chi connectivity index (χ1v) is 42.3. The minimum Gasteiger partial charge on any atom is -0.545 e. The van der Waals surface area contributed by atoms with Gasteiger partial charge in [-0.25, -0.2) is 0 Å². The molecule has 0 aliphatic heterocycles. The number of quaternary nitrogens is 1. The monoisotopic (exact) mass is 1330 g/mol. The summed E-state index contributed by atoms with van der Waals surface area (Å²) in [6, 6.07) is 0.